The van der Waals surface area contributed by atoms with E-state index in [2.05, 4.69) is 5.32 Å². The van der Waals surface area contributed by atoms with Crippen LogP contribution < -0.4 is 11.1 Å². The summed E-state index contributed by atoms with van der Waals surface area (Å²) in [4.78, 5) is 54.5. The number of rotatable bonds is 19. The molecular formula is C25H48N6O9. The van der Waals surface area contributed by atoms with Gasteiger partial charge in [0.25, 0.3) is 0 Å². The highest BCUT2D eigenvalue weighted by Gasteiger charge is 2.20. The average molecular weight is 577 g/mol. The first-order valence-corrected chi connectivity index (χ1v) is 13.7. The Bertz CT molecular complexity index is 714. The maximum Gasteiger partial charge on any atom is 0.317 e. The van der Waals surface area contributed by atoms with E-state index in [4.69, 9.17) is 19.9 Å². The Morgan fingerprint density at radius 1 is 0.625 bits per heavy atom. The minimum absolute atomic E-state index is 0.000802. The van der Waals surface area contributed by atoms with Gasteiger partial charge in [0.2, 0.25) is 5.91 Å². The minimum Gasteiger partial charge on any atom is -0.480 e. The van der Waals surface area contributed by atoms with Gasteiger partial charge in [-0.05, 0) is 6.92 Å². The van der Waals surface area contributed by atoms with Crippen molar-refractivity contribution in [2.24, 2.45) is 5.73 Å². The number of hydrogen-bond donors (Lipinski definition) is 4. The van der Waals surface area contributed by atoms with Gasteiger partial charge in [-0.1, -0.05) is 0 Å². The number of carbonyl (C=O) groups is 4. The lowest BCUT2D eigenvalue weighted by atomic mass is 10.3. The van der Waals surface area contributed by atoms with E-state index >= 15 is 0 Å². The molecule has 0 atom stereocenters. The Hall–Kier alpha value is -2.24. The fourth-order valence-corrected chi connectivity index (χ4v) is 4.06. The number of aliphatic carboxylic acids is 2. The molecule has 1 aliphatic heterocycles. The van der Waals surface area contributed by atoms with Crippen molar-refractivity contribution < 1.29 is 43.6 Å². The van der Waals surface area contributed by atoms with Crippen LogP contribution in [0.25, 0.3) is 0 Å². The molecule has 5 N–H and O–H groups in total. The summed E-state index contributed by atoms with van der Waals surface area (Å²) in [5.41, 5.74) is 5.34. The van der Waals surface area contributed by atoms with E-state index in [0.29, 0.717) is 105 Å². The van der Waals surface area contributed by atoms with Gasteiger partial charge in [-0.25, -0.2) is 0 Å². The first-order chi connectivity index (χ1) is 19.2. The molecule has 0 unspecified atom stereocenters. The number of ketones is 1. The number of Topliss-reactive ketones (excluding diaryl/α,β-unsaturated/α-hetero) is 1. The van der Waals surface area contributed by atoms with E-state index in [1.165, 1.54) is 6.92 Å². The minimum atomic E-state index is -0.973. The summed E-state index contributed by atoms with van der Waals surface area (Å²) in [5, 5.41) is 21.4. The van der Waals surface area contributed by atoms with Crippen LogP contribution in [0, 0.1) is 0 Å². The highest BCUT2D eigenvalue weighted by molar-refractivity contribution is 5.78. The summed E-state index contributed by atoms with van der Waals surface area (Å²) in [5.74, 6) is -2.12. The van der Waals surface area contributed by atoms with Gasteiger partial charge < -0.3 is 35.5 Å². The second-order valence-electron chi connectivity index (χ2n) is 9.57. The Kier molecular flexibility index (Phi) is 20.1. The molecule has 1 fully saturated rings. The third kappa shape index (κ3) is 19.8. The maximum absolute atomic E-state index is 12.6. The van der Waals surface area contributed by atoms with E-state index in [-0.39, 0.29) is 37.9 Å². The summed E-state index contributed by atoms with van der Waals surface area (Å²) in [7, 11) is 0. The Labute approximate surface area is 236 Å². The topological polar surface area (TPSA) is 187 Å². The van der Waals surface area contributed by atoms with Crippen LogP contribution in [0.4, 0.5) is 0 Å². The fourth-order valence-electron chi connectivity index (χ4n) is 4.06. The van der Waals surface area contributed by atoms with Gasteiger partial charge in [-0.3, -0.25) is 38.8 Å². The molecule has 0 aromatic carbocycles. The van der Waals surface area contributed by atoms with Crippen molar-refractivity contribution in [2.45, 2.75) is 6.92 Å². The molecule has 0 aliphatic carbocycles. The van der Waals surface area contributed by atoms with Gasteiger partial charge in [0.05, 0.1) is 65.8 Å². The predicted octanol–water partition coefficient (Wildman–Crippen LogP) is -2.91. The molecule has 1 aliphatic rings. The van der Waals surface area contributed by atoms with Crippen molar-refractivity contribution in [1.82, 2.24) is 24.9 Å². The van der Waals surface area contributed by atoms with Gasteiger partial charge in [0.1, 0.15) is 5.78 Å². The summed E-state index contributed by atoms with van der Waals surface area (Å²) >= 11 is 0. The lowest BCUT2D eigenvalue weighted by Gasteiger charge is -2.33. The highest BCUT2D eigenvalue weighted by Crippen LogP contribution is 2.01. The number of hydrogen-bond acceptors (Lipinski definition) is 12. The number of carboxylic acids is 2. The normalized spacial score (nSPS) is 17.1. The van der Waals surface area contributed by atoms with Gasteiger partial charge in [0, 0.05) is 65.4 Å². The van der Waals surface area contributed by atoms with Gasteiger partial charge >= 0.3 is 11.9 Å². The van der Waals surface area contributed by atoms with Crippen molar-refractivity contribution in [3.63, 3.8) is 0 Å². The monoisotopic (exact) mass is 576 g/mol. The molecule has 0 aromatic rings. The molecule has 1 rings (SSSR count). The zero-order chi connectivity index (χ0) is 29.6. The molecule has 0 saturated carbocycles. The molecular weight excluding hydrogens is 528 g/mol. The maximum atomic E-state index is 12.6. The van der Waals surface area contributed by atoms with Crippen molar-refractivity contribution in [3.8, 4) is 0 Å². The largest absolute Gasteiger partial charge is 0.480 e. The van der Waals surface area contributed by atoms with Crippen LogP contribution in [0.3, 0.4) is 0 Å². The third-order valence-corrected chi connectivity index (χ3v) is 6.04. The van der Waals surface area contributed by atoms with Crippen molar-refractivity contribution in [3.05, 3.63) is 0 Å². The lowest BCUT2D eigenvalue weighted by Crippen LogP contribution is -2.49. The number of nitrogens with zero attached hydrogens (tertiary/aromatic N) is 4. The van der Waals surface area contributed by atoms with E-state index in [9.17, 15) is 29.4 Å². The molecule has 1 heterocycles. The number of carboxylic acid groups (broad SMARTS) is 2. The lowest BCUT2D eigenvalue weighted by molar-refractivity contribution is -0.140. The van der Waals surface area contributed by atoms with Gasteiger partial charge in [-0.15, -0.1) is 0 Å². The Balaban J connectivity index is 2.57. The van der Waals surface area contributed by atoms with E-state index in [0.717, 1.165) is 0 Å². The quantitative estimate of drug-likeness (QED) is 0.115. The summed E-state index contributed by atoms with van der Waals surface area (Å²) in [6.45, 7) is 8.41. The van der Waals surface area contributed by atoms with E-state index in [1.807, 2.05) is 9.80 Å². The molecule has 40 heavy (non-hydrogen) atoms. The van der Waals surface area contributed by atoms with Crippen LogP contribution in [-0.4, -0.2) is 185 Å². The van der Waals surface area contributed by atoms with Crippen LogP contribution in [0.15, 0.2) is 0 Å². The number of amides is 1. The van der Waals surface area contributed by atoms with Crippen LogP contribution in [0.1, 0.15) is 6.92 Å². The Morgan fingerprint density at radius 3 is 1.40 bits per heavy atom. The average Bonchev–Trinajstić information content (AvgIpc) is 2.88. The SMILES string of the molecule is CC(=O)CN1CCN(CC(=O)O)CCN(CC(=O)O)CCN(CC(=O)NCCOCCOCCOCCN)CC1. The number of nitrogens with two attached hydrogens (primary N) is 1. The first-order valence-electron chi connectivity index (χ1n) is 13.7. The van der Waals surface area contributed by atoms with Gasteiger partial charge in [0.15, 0.2) is 0 Å². The Morgan fingerprint density at radius 2 is 1.00 bits per heavy atom. The van der Waals surface area contributed by atoms with E-state index < -0.39 is 11.9 Å². The molecule has 15 nitrogen and oxygen atoms in total. The molecule has 0 spiro atoms. The zero-order valence-corrected chi connectivity index (χ0v) is 23.8. The number of carbonyl (C=O) groups excluding carboxylic acids is 2. The van der Waals surface area contributed by atoms with E-state index in [1.54, 1.807) is 9.80 Å². The highest BCUT2D eigenvalue weighted by atomic mass is 16.5. The van der Waals surface area contributed by atoms with Crippen LogP contribution in [-0.2, 0) is 33.4 Å². The summed E-state index contributed by atoms with van der Waals surface area (Å²) in [6, 6.07) is 0. The van der Waals surface area contributed by atoms with Crippen LogP contribution >= 0.6 is 0 Å². The molecule has 0 bridgehead atoms. The molecule has 1 amide bonds. The molecule has 1 saturated heterocycles. The summed E-state index contributed by atoms with van der Waals surface area (Å²) < 4.78 is 16.1. The third-order valence-electron chi connectivity index (χ3n) is 6.04. The first kappa shape index (κ1) is 35.8. The van der Waals surface area contributed by atoms with Gasteiger partial charge in [-0.2, -0.15) is 0 Å². The number of ether oxygens (including phenoxy) is 3. The smallest absolute Gasteiger partial charge is 0.317 e. The number of nitrogens with one attached hydrogen (secondary N) is 1. The molecule has 0 aromatic heterocycles. The van der Waals surface area contributed by atoms with Crippen molar-refractivity contribution >= 4 is 23.6 Å². The summed E-state index contributed by atoms with van der Waals surface area (Å²) in [6.07, 6.45) is 0. The van der Waals surface area contributed by atoms with Crippen molar-refractivity contribution in [2.75, 3.05) is 131 Å². The predicted molar refractivity (Wildman–Crippen MR) is 146 cm³/mol. The fraction of sp³-hybridized carbons (Fsp3) is 0.840. The molecule has 0 radical (unpaired) electrons. The molecule has 15 heteroatoms. The van der Waals surface area contributed by atoms with Crippen LogP contribution in [0.2, 0.25) is 0 Å². The zero-order valence-electron chi connectivity index (χ0n) is 23.8. The second kappa shape index (κ2) is 22.4. The molecule has 232 valence electrons. The van der Waals surface area contributed by atoms with Crippen LogP contribution in [0.5, 0.6) is 0 Å². The van der Waals surface area contributed by atoms with Crippen molar-refractivity contribution in [1.29, 1.82) is 0 Å². The second-order valence-corrected chi connectivity index (χ2v) is 9.57. The standard InChI is InChI=1S/C25H48N6O9/c1-22(32)18-28-4-6-29(19-23(33)27-3-13-39-15-17-40-16-14-38-12-2-26)7-9-31(21-25(36)37)11-10-30(8-5-28)20-24(34)35/h2-21,26H2,1H3,(H,27,33)(H,34,35)(H,36,37).